The summed E-state index contributed by atoms with van der Waals surface area (Å²) in [5.74, 6) is -0.181. The molecule has 124 valence electrons. The molecule has 0 aliphatic carbocycles. The molecule has 1 unspecified atom stereocenters. The predicted molar refractivity (Wildman–Crippen MR) is 82.7 cm³/mol. The number of carbonyl (C=O) groups excluding carboxylic acids is 1. The molecule has 1 aromatic rings. The maximum atomic E-state index is 13.9. The molecule has 1 amide bonds. The van der Waals surface area contributed by atoms with E-state index in [4.69, 9.17) is 4.74 Å². The van der Waals surface area contributed by atoms with E-state index in [1.807, 2.05) is 11.8 Å². The molecule has 1 saturated heterocycles. The Kier molecular flexibility index (Phi) is 4.64. The van der Waals surface area contributed by atoms with Crippen molar-refractivity contribution in [1.82, 2.24) is 4.90 Å². The number of piperidine rings is 1. The number of allylic oxidation sites excluding steroid dienone is 1. The highest BCUT2D eigenvalue weighted by atomic mass is 19.1. The van der Waals surface area contributed by atoms with Crippen molar-refractivity contribution in [3.63, 3.8) is 0 Å². The van der Waals surface area contributed by atoms with E-state index < -0.39 is 11.6 Å². The Labute approximate surface area is 134 Å². The van der Waals surface area contributed by atoms with Crippen LogP contribution in [0.5, 0.6) is 0 Å². The summed E-state index contributed by atoms with van der Waals surface area (Å²) >= 11 is 0. The van der Waals surface area contributed by atoms with Gasteiger partial charge in [-0.3, -0.25) is 4.79 Å². The first-order valence-corrected chi connectivity index (χ1v) is 8.13. The number of halogens is 2. The average Bonchev–Trinajstić information content (AvgIpc) is 2.97. The third-order valence-corrected chi connectivity index (χ3v) is 4.71. The molecule has 1 atom stereocenters. The number of ether oxygens (including phenoxy) is 1. The first kappa shape index (κ1) is 16.0. The van der Waals surface area contributed by atoms with Gasteiger partial charge < -0.3 is 9.64 Å². The highest BCUT2D eigenvalue weighted by Crippen LogP contribution is 2.27. The van der Waals surface area contributed by atoms with Gasteiger partial charge in [0, 0.05) is 19.0 Å². The van der Waals surface area contributed by atoms with E-state index in [-0.39, 0.29) is 11.9 Å². The lowest BCUT2D eigenvalue weighted by Gasteiger charge is -2.36. The van der Waals surface area contributed by atoms with Crippen LogP contribution < -0.4 is 0 Å². The number of benzene rings is 1. The zero-order chi connectivity index (χ0) is 16.4. The molecule has 1 aromatic carbocycles. The molecule has 1 fully saturated rings. The highest BCUT2D eigenvalue weighted by Gasteiger charge is 2.31. The summed E-state index contributed by atoms with van der Waals surface area (Å²) in [4.78, 5) is 14.6. The van der Waals surface area contributed by atoms with E-state index in [2.05, 4.69) is 0 Å². The van der Waals surface area contributed by atoms with Crippen LogP contribution in [0.4, 0.5) is 8.78 Å². The molecule has 2 aliphatic heterocycles. The van der Waals surface area contributed by atoms with E-state index in [0.29, 0.717) is 37.3 Å². The van der Waals surface area contributed by atoms with Gasteiger partial charge in [-0.2, -0.15) is 0 Å². The molecule has 0 radical (unpaired) electrons. The summed E-state index contributed by atoms with van der Waals surface area (Å²) in [6.45, 7) is 3.02. The van der Waals surface area contributed by atoms with Gasteiger partial charge in [0.2, 0.25) is 0 Å². The highest BCUT2D eigenvalue weighted by molar-refractivity contribution is 5.94. The maximum absolute atomic E-state index is 13.9. The third kappa shape index (κ3) is 3.38. The van der Waals surface area contributed by atoms with Gasteiger partial charge in [0.15, 0.2) is 0 Å². The number of carbonyl (C=O) groups is 1. The van der Waals surface area contributed by atoms with E-state index in [1.165, 1.54) is 6.07 Å². The van der Waals surface area contributed by atoms with Crippen molar-refractivity contribution in [2.75, 3.05) is 13.2 Å². The zero-order valence-corrected chi connectivity index (χ0v) is 13.3. The van der Waals surface area contributed by atoms with E-state index >= 15 is 0 Å². The zero-order valence-electron chi connectivity index (χ0n) is 13.3. The Hall–Kier alpha value is -1.91. The summed E-state index contributed by atoms with van der Waals surface area (Å²) in [6, 6.07) is 3.41. The average molecular weight is 321 g/mol. The molecule has 0 saturated carbocycles. The minimum atomic E-state index is -0.446. The van der Waals surface area contributed by atoms with Gasteiger partial charge in [-0.1, -0.05) is 0 Å². The lowest BCUT2D eigenvalue weighted by Crippen LogP contribution is -2.45. The topological polar surface area (TPSA) is 29.5 Å². The number of nitrogens with zero attached hydrogens (tertiary/aromatic N) is 1. The van der Waals surface area contributed by atoms with Gasteiger partial charge in [-0.15, -0.1) is 0 Å². The molecule has 5 heteroatoms. The fourth-order valence-electron chi connectivity index (χ4n) is 3.43. The van der Waals surface area contributed by atoms with Crippen LogP contribution in [0.3, 0.4) is 0 Å². The van der Waals surface area contributed by atoms with E-state index in [1.54, 1.807) is 0 Å². The lowest BCUT2D eigenvalue weighted by molar-refractivity contribution is -0.130. The molecule has 3 rings (SSSR count). The molecule has 23 heavy (non-hydrogen) atoms. The largest absolute Gasteiger partial charge is 0.497 e. The van der Waals surface area contributed by atoms with Crippen molar-refractivity contribution in [1.29, 1.82) is 0 Å². The van der Waals surface area contributed by atoms with Crippen LogP contribution in [0.25, 0.3) is 0 Å². The smallest absolute Gasteiger partial charge is 0.253 e. The predicted octanol–water partition coefficient (Wildman–Crippen LogP) is 3.58. The van der Waals surface area contributed by atoms with Crippen molar-refractivity contribution in [2.45, 2.75) is 45.1 Å². The summed E-state index contributed by atoms with van der Waals surface area (Å²) in [6.07, 6.45) is 3.74. The summed E-state index contributed by atoms with van der Waals surface area (Å²) in [5, 5.41) is 0. The quantitative estimate of drug-likeness (QED) is 0.851. The Balaban J connectivity index is 1.80. The fraction of sp³-hybridized carbons (Fsp3) is 0.500. The van der Waals surface area contributed by atoms with Crippen molar-refractivity contribution in [3.8, 4) is 0 Å². The van der Waals surface area contributed by atoms with Crippen molar-refractivity contribution >= 4 is 5.91 Å². The van der Waals surface area contributed by atoms with E-state index in [9.17, 15) is 13.6 Å². The number of likely N-dealkylation sites (tertiary alicyclic amines) is 1. The van der Waals surface area contributed by atoms with Crippen molar-refractivity contribution < 1.29 is 18.3 Å². The molecule has 2 aliphatic rings. The van der Waals surface area contributed by atoms with Crippen LogP contribution >= 0.6 is 0 Å². The van der Waals surface area contributed by atoms with Crippen LogP contribution in [-0.4, -0.2) is 30.0 Å². The van der Waals surface area contributed by atoms with Crippen LogP contribution in [0.1, 0.15) is 38.2 Å². The number of hydrogen-bond acceptors (Lipinski definition) is 2. The normalized spacial score (nSPS) is 21.5. The van der Waals surface area contributed by atoms with Crippen LogP contribution in [0, 0.1) is 11.6 Å². The number of rotatable bonds is 3. The van der Waals surface area contributed by atoms with Crippen molar-refractivity contribution in [3.05, 3.63) is 46.7 Å². The molecular formula is C18H21F2NO2. The third-order valence-electron chi connectivity index (χ3n) is 4.71. The van der Waals surface area contributed by atoms with Crippen LogP contribution in [0.2, 0.25) is 0 Å². The second-order valence-electron chi connectivity index (χ2n) is 6.22. The SMILES string of the molecule is CC1=C(C(=O)N2CCCCC2Cc2cc(F)ccc2F)CCO1. The first-order chi connectivity index (χ1) is 11.1. The summed E-state index contributed by atoms with van der Waals surface area (Å²) < 4.78 is 32.7. The van der Waals surface area contributed by atoms with Crippen LogP contribution in [0.15, 0.2) is 29.5 Å². The van der Waals surface area contributed by atoms with Crippen molar-refractivity contribution in [2.24, 2.45) is 0 Å². The molecule has 0 aromatic heterocycles. The van der Waals surface area contributed by atoms with Gasteiger partial charge in [-0.25, -0.2) is 8.78 Å². The van der Waals surface area contributed by atoms with Gasteiger partial charge in [-0.05, 0) is 56.4 Å². The van der Waals surface area contributed by atoms with Crippen LogP contribution in [-0.2, 0) is 16.0 Å². The Morgan fingerprint density at radius 1 is 1.35 bits per heavy atom. The Bertz CT molecular complexity index is 642. The molecule has 0 bridgehead atoms. The minimum absolute atomic E-state index is 0.0125. The maximum Gasteiger partial charge on any atom is 0.253 e. The fourth-order valence-corrected chi connectivity index (χ4v) is 3.43. The first-order valence-electron chi connectivity index (χ1n) is 8.13. The Morgan fingerprint density at radius 3 is 2.91 bits per heavy atom. The molecule has 0 N–H and O–H groups in total. The van der Waals surface area contributed by atoms with Gasteiger partial charge in [0.25, 0.3) is 5.91 Å². The second kappa shape index (κ2) is 6.69. The van der Waals surface area contributed by atoms with Gasteiger partial charge in [0.05, 0.1) is 12.2 Å². The molecule has 3 nitrogen and oxygen atoms in total. The monoisotopic (exact) mass is 321 g/mol. The number of amides is 1. The van der Waals surface area contributed by atoms with Gasteiger partial charge >= 0.3 is 0 Å². The molecule has 2 heterocycles. The summed E-state index contributed by atoms with van der Waals surface area (Å²) in [5.41, 5.74) is 1.06. The second-order valence-corrected chi connectivity index (χ2v) is 6.22. The molecule has 0 spiro atoms. The molecular weight excluding hydrogens is 300 g/mol. The minimum Gasteiger partial charge on any atom is -0.497 e. The standard InChI is InChI=1S/C18H21F2NO2/c1-12-16(7-9-23-12)18(22)21-8-3-2-4-15(21)11-13-10-14(19)5-6-17(13)20/h5-6,10,15H,2-4,7-9,11H2,1H3. The van der Waals surface area contributed by atoms with Gasteiger partial charge in [0.1, 0.15) is 17.4 Å². The summed E-state index contributed by atoms with van der Waals surface area (Å²) in [7, 11) is 0. The van der Waals surface area contributed by atoms with E-state index in [0.717, 1.165) is 37.0 Å². The lowest BCUT2D eigenvalue weighted by atomic mass is 9.94. The number of hydrogen-bond donors (Lipinski definition) is 0. The Morgan fingerprint density at radius 2 is 2.17 bits per heavy atom.